The van der Waals surface area contributed by atoms with Crippen molar-refractivity contribution < 1.29 is 9.59 Å². The average Bonchev–Trinajstić information content (AvgIpc) is 2.66. The Morgan fingerprint density at radius 1 is 1.26 bits per heavy atom. The molecular formula is C20H29N5O2. The SMILES string of the molecule is CN(C)CCNC(=O)N1CCC(C#N)(CCc2ccc(C(N)=O)cc2)CC1. The molecule has 0 spiro atoms. The van der Waals surface area contributed by atoms with Crippen LogP contribution in [0.2, 0.25) is 0 Å². The number of piperidine rings is 1. The van der Waals surface area contributed by atoms with E-state index >= 15 is 0 Å². The molecule has 0 bridgehead atoms. The second-order valence-corrected chi connectivity index (χ2v) is 7.48. The first-order valence-corrected chi connectivity index (χ1v) is 9.33. The van der Waals surface area contributed by atoms with E-state index in [1.165, 1.54) is 0 Å². The van der Waals surface area contributed by atoms with Crippen molar-refractivity contribution in [2.24, 2.45) is 11.1 Å². The van der Waals surface area contributed by atoms with Gasteiger partial charge in [0.1, 0.15) is 0 Å². The molecule has 1 saturated heterocycles. The van der Waals surface area contributed by atoms with E-state index in [9.17, 15) is 14.9 Å². The number of nitriles is 1. The minimum Gasteiger partial charge on any atom is -0.366 e. The Bertz CT molecular complexity index is 685. The van der Waals surface area contributed by atoms with Gasteiger partial charge in [-0.1, -0.05) is 12.1 Å². The van der Waals surface area contributed by atoms with E-state index in [4.69, 9.17) is 5.73 Å². The summed E-state index contributed by atoms with van der Waals surface area (Å²) in [6.07, 6.45) is 2.88. The highest BCUT2D eigenvalue weighted by atomic mass is 16.2. The lowest BCUT2D eigenvalue weighted by atomic mass is 9.75. The molecule has 0 aromatic heterocycles. The van der Waals surface area contributed by atoms with Crippen molar-refractivity contribution in [2.75, 3.05) is 40.3 Å². The number of hydrogen-bond donors (Lipinski definition) is 2. The molecule has 1 fully saturated rings. The number of carbonyl (C=O) groups excluding carboxylic acids is 2. The maximum Gasteiger partial charge on any atom is 0.317 e. The summed E-state index contributed by atoms with van der Waals surface area (Å²) < 4.78 is 0. The van der Waals surface area contributed by atoms with E-state index in [0.29, 0.717) is 38.0 Å². The van der Waals surface area contributed by atoms with Crippen molar-refractivity contribution in [1.82, 2.24) is 15.1 Å². The smallest absolute Gasteiger partial charge is 0.317 e. The van der Waals surface area contributed by atoms with Crippen LogP contribution >= 0.6 is 0 Å². The molecule has 2 rings (SSSR count). The third-order valence-electron chi connectivity index (χ3n) is 5.21. The summed E-state index contributed by atoms with van der Waals surface area (Å²) in [6, 6.07) is 9.66. The molecule has 3 amide bonds. The van der Waals surface area contributed by atoms with E-state index in [-0.39, 0.29) is 6.03 Å². The number of likely N-dealkylation sites (N-methyl/N-ethyl adjacent to an activating group) is 1. The highest BCUT2D eigenvalue weighted by molar-refractivity contribution is 5.92. The number of aryl methyl sites for hydroxylation is 1. The van der Waals surface area contributed by atoms with Gasteiger partial charge < -0.3 is 20.9 Å². The third kappa shape index (κ3) is 5.97. The van der Waals surface area contributed by atoms with Gasteiger partial charge >= 0.3 is 6.03 Å². The number of likely N-dealkylation sites (tertiary alicyclic amines) is 1. The van der Waals surface area contributed by atoms with E-state index in [2.05, 4.69) is 11.4 Å². The van der Waals surface area contributed by atoms with Gasteiger partial charge in [-0.25, -0.2) is 4.79 Å². The van der Waals surface area contributed by atoms with Gasteiger partial charge in [-0.3, -0.25) is 4.79 Å². The number of amides is 3. The van der Waals surface area contributed by atoms with Gasteiger partial charge in [0.25, 0.3) is 0 Å². The Morgan fingerprint density at radius 2 is 1.89 bits per heavy atom. The standard InChI is InChI=1S/C20H29N5O2/c1-24(2)14-11-23-19(27)25-12-9-20(15-21,10-13-25)8-7-16-3-5-17(6-4-16)18(22)26/h3-6H,7-14H2,1-2H3,(H2,22,26)(H,23,27). The summed E-state index contributed by atoms with van der Waals surface area (Å²) in [5.74, 6) is -0.439. The van der Waals surface area contributed by atoms with Gasteiger partial charge in [-0.2, -0.15) is 5.26 Å². The van der Waals surface area contributed by atoms with Crippen molar-refractivity contribution in [3.05, 3.63) is 35.4 Å². The molecule has 1 aliphatic rings. The molecule has 3 N–H and O–H groups in total. The fourth-order valence-electron chi connectivity index (χ4n) is 3.27. The van der Waals surface area contributed by atoms with E-state index < -0.39 is 11.3 Å². The van der Waals surface area contributed by atoms with Gasteiger partial charge in [0.15, 0.2) is 0 Å². The van der Waals surface area contributed by atoms with Crippen LogP contribution in [0.15, 0.2) is 24.3 Å². The first kappa shape index (κ1) is 20.7. The Hall–Kier alpha value is -2.59. The molecule has 1 heterocycles. The summed E-state index contributed by atoms with van der Waals surface area (Å²) in [4.78, 5) is 27.2. The lowest BCUT2D eigenvalue weighted by Crippen LogP contribution is -2.48. The van der Waals surface area contributed by atoms with Gasteiger partial charge in [0, 0.05) is 31.7 Å². The van der Waals surface area contributed by atoms with Crippen LogP contribution < -0.4 is 11.1 Å². The predicted octanol–water partition coefficient (Wildman–Crippen LogP) is 1.60. The summed E-state index contributed by atoms with van der Waals surface area (Å²) >= 11 is 0. The summed E-state index contributed by atoms with van der Waals surface area (Å²) in [6.45, 7) is 2.62. The Kier molecular flexibility index (Phi) is 7.19. The van der Waals surface area contributed by atoms with Crippen LogP contribution in [0.5, 0.6) is 0 Å². The molecule has 0 atom stereocenters. The Morgan fingerprint density at radius 3 is 2.41 bits per heavy atom. The maximum atomic E-state index is 12.2. The normalized spacial score (nSPS) is 16.0. The lowest BCUT2D eigenvalue weighted by molar-refractivity contribution is 0.1000. The zero-order chi connectivity index (χ0) is 19.9. The van der Waals surface area contributed by atoms with Crippen molar-refractivity contribution in [2.45, 2.75) is 25.7 Å². The van der Waals surface area contributed by atoms with Gasteiger partial charge in [-0.15, -0.1) is 0 Å². The predicted molar refractivity (Wildman–Crippen MR) is 104 cm³/mol. The molecule has 1 aliphatic heterocycles. The molecule has 0 aliphatic carbocycles. The fourth-order valence-corrected chi connectivity index (χ4v) is 3.27. The van der Waals surface area contributed by atoms with Crippen LogP contribution in [-0.4, -0.2) is 62.0 Å². The number of nitrogens with two attached hydrogens (primary N) is 1. The van der Waals surface area contributed by atoms with Crippen molar-refractivity contribution in [3.8, 4) is 6.07 Å². The number of carbonyl (C=O) groups is 2. The minimum atomic E-state index is -0.439. The molecule has 27 heavy (non-hydrogen) atoms. The summed E-state index contributed by atoms with van der Waals surface area (Å²) in [5.41, 5.74) is 6.43. The number of nitrogens with zero attached hydrogens (tertiary/aromatic N) is 3. The first-order chi connectivity index (χ1) is 12.8. The zero-order valence-corrected chi connectivity index (χ0v) is 16.2. The van der Waals surface area contributed by atoms with Crippen molar-refractivity contribution in [3.63, 3.8) is 0 Å². The second kappa shape index (κ2) is 9.38. The van der Waals surface area contributed by atoms with Gasteiger partial charge in [0.05, 0.1) is 11.5 Å². The van der Waals surface area contributed by atoms with E-state index in [0.717, 1.165) is 24.9 Å². The lowest BCUT2D eigenvalue weighted by Gasteiger charge is -2.37. The van der Waals surface area contributed by atoms with Crippen LogP contribution in [-0.2, 0) is 6.42 Å². The van der Waals surface area contributed by atoms with E-state index in [1.54, 1.807) is 17.0 Å². The second-order valence-electron chi connectivity index (χ2n) is 7.48. The van der Waals surface area contributed by atoms with Gasteiger partial charge in [-0.05, 0) is 57.5 Å². The first-order valence-electron chi connectivity index (χ1n) is 9.33. The van der Waals surface area contributed by atoms with Crippen LogP contribution in [0.4, 0.5) is 4.79 Å². The Labute approximate surface area is 161 Å². The highest BCUT2D eigenvalue weighted by Crippen LogP contribution is 2.35. The van der Waals surface area contributed by atoms with Crippen LogP contribution in [0, 0.1) is 16.7 Å². The molecule has 1 aromatic rings. The number of rotatable bonds is 7. The monoisotopic (exact) mass is 371 g/mol. The topological polar surface area (TPSA) is 102 Å². The van der Waals surface area contributed by atoms with Crippen LogP contribution in [0.25, 0.3) is 0 Å². The molecule has 1 aromatic carbocycles. The summed E-state index contributed by atoms with van der Waals surface area (Å²) in [7, 11) is 3.94. The number of nitrogens with one attached hydrogen (secondary N) is 1. The fraction of sp³-hybridized carbons (Fsp3) is 0.550. The molecule has 7 nitrogen and oxygen atoms in total. The molecule has 0 unspecified atom stereocenters. The highest BCUT2D eigenvalue weighted by Gasteiger charge is 2.35. The van der Waals surface area contributed by atoms with E-state index in [1.807, 2.05) is 31.1 Å². The molecule has 0 radical (unpaired) electrons. The maximum absolute atomic E-state index is 12.2. The average molecular weight is 371 g/mol. The number of urea groups is 1. The Balaban J connectivity index is 1.84. The molecule has 7 heteroatoms. The quantitative estimate of drug-likeness (QED) is 0.760. The molecule has 0 saturated carbocycles. The molecule has 146 valence electrons. The number of primary amides is 1. The van der Waals surface area contributed by atoms with Gasteiger partial charge in [0.2, 0.25) is 5.91 Å². The number of benzene rings is 1. The number of hydrogen-bond acceptors (Lipinski definition) is 4. The van der Waals surface area contributed by atoms with Crippen LogP contribution in [0.3, 0.4) is 0 Å². The third-order valence-corrected chi connectivity index (χ3v) is 5.21. The minimum absolute atomic E-state index is 0.0505. The van der Waals surface area contributed by atoms with Crippen LogP contribution in [0.1, 0.15) is 35.2 Å². The largest absolute Gasteiger partial charge is 0.366 e. The summed E-state index contributed by atoms with van der Waals surface area (Å²) in [5, 5.41) is 12.7. The van der Waals surface area contributed by atoms with Crippen molar-refractivity contribution >= 4 is 11.9 Å². The zero-order valence-electron chi connectivity index (χ0n) is 16.2. The molecular weight excluding hydrogens is 342 g/mol. The van der Waals surface area contributed by atoms with Crippen molar-refractivity contribution in [1.29, 1.82) is 5.26 Å².